The number of benzene rings is 2. The molecule has 40 heavy (non-hydrogen) atoms. The summed E-state index contributed by atoms with van der Waals surface area (Å²) in [5.41, 5.74) is 1.61. The van der Waals surface area contributed by atoms with Gasteiger partial charge >= 0.3 is 6.18 Å². The number of likely N-dealkylation sites (N-methyl/N-ethyl adjacent to an activating group) is 1. The molecule has 0 bridgehead atoms. The van der Waals surface area contributed by atoms with E-state index in [-0.39, 0.29) is 31.5 Å². The van der Waals surface area contributed by atoms with Crippen LogP contribution < -0.4 is 0 Å². The first-order chi connectivity index (χ1) is 19.2. The molecule has 1 aromatic heterocycles. The highest BCUT2D eigenvalue weighted by atomic mass is 19.4. The van der Waals surface area contributed by atoms with Crippen LogP contribution in [0.4, 0.5) is 13.2 Å². The summed E-state index contributed by atoms with van der Waals surface area (Å²) in [6.45, 7) is 5.47. The van der Waals surface area contributed by atoms with E-state index in [4.69, 9.17) is 4.74 Å². The maximum absolute atomic E-state index is 13.4. The number of unbranched alkanes of at least 4 members (excludes halogenated alkanes) is 2. The second kappa shape index (κ2) is 15.3. The van der Waals surface area contributed by atoms with Crippen LogP contribution >= 0.6 is 0 Å². The monoisotopic (exact) mass is 557 g/mol. The Bertz CT molecular complexity index is 1210. The number of hydrogen-bond donors (Lipinski definition) is 0. The first-order valence-electron chi connectivity index (χ1n) is 13.7. The molecular weight excluding hydrogens is 519 g/mol. The molecule has 2 amide bonds. The van der Waals surface area contributed by atoms with Crippen molar-refractivity contribution in [2.45, 2.75) is 59.0 Å². The van der Waals surface area contributed by atoms with Crippen molar-refractivity contribution in [1.82, 2.24) is 14.4 Å². The zero-order valence-corrected chi connectivity index (χ0v) is 23.2. The smallest absolute Gasteiger partial charge is 0.367 e. The number of carbonyl (C=O) groups excluding carboxylic acids is 2. The van der Waals surface area contributed by atoms with Crippen LogP contribution in [0.1, 0.15) is 55.5 Å². The SMILES string of the molecule is CCCCCN(Cc1cccn1Cc1cccc(C(F)(F)F)c1)C(=O)CN(CC)C(=O)COCc1ccccc1. The molecule has 9 heteroatoms. The molecule has 0 spiro atoms. The van der Waals surface area contributed by atoms with Crippen LogP contribution in [0.5, 0.6) is 0 Å². The normalized spacial score (nSPS) is 11.4. The second-order valence-corrected chi connectivity index (χ2v) is 9.73. The number of hydrogen-bond acceptors (Lipinski definition) is 3. The summed E-state index contributed by atoms with van der Waals surface area (Å²) in [6.07, 6.45) is 0.158. The molecule has 0 unspecified atom stereocenters. The van der Waals surface area contributed by atoms with Gasteiger partial charge in [-0.1, -0.05) is 62.2 Å². The fraction of sp³-hybridized carbons (Fsp3) is 0.419. The number of amides is 2. The van der Waals surface area contributed by atoms with E-state index in [9.17, 15) is 22.8 Å². The van der Waals surface area contributed by atoms with Gasteiger partial charge in [0.2, 0.25) is 11.8 Å². The highest BCUT2D eigenvalue weighted by Gasteiger charge is 2.30. The van der Waals surface area contributed by atoms with E-state index in [2.05, 4.69) is 6.92 Å². The Labute approximate surface area is 234 Å². The van der Waals surface area contributed by atoms with Crippen molar-refractivity contribution in [1.29, 1.82) is 0 Å². The number of ether oxygens (including phenoxy) is 1. The van der Waals surface area contributed by atoms with Crippen molar-refractivity contribution >= 4 is 11.8 Å². The Morgan fingerprint density at radius 1 is 0.875 bits per heavy atom. The number of aromatic nitrogens is 1. The van der Waals surface area contributed by atoms with Crippen molar-refractivity contribution in [3.63, 3.8) is 0 Å². The third kappa shape index (κ3) is 9.55. The molecule has 6 nitrogen and oxygen atoms in total. The third-order valence-electron chi connectivity index (χ3n) is 6.67. The summed E-state index contributed by atoms with van der Waals surface area (Å²) in [7, 11) is 0. The molecule has 0 saturated heterocycles. The van der Waals surface area contributed by atoms with Crippen LogP contribution in [0, 0.1) is 0 Å². The highest BCUT2D eigenvalue weighted by molar-refractivity contribution is 5.85. The van der Waals surface area contributed by atoms with Crippen LogP contribution in [0.2, 0.25) is 0 Å². The van der Waals surface area contributed by atoms with Gasteiger partial charge in [-0.3, -0.25) is 9.59 Å². The van der Waals surface area contributed by atoms with Gasteiger partial charge in [0.25, 0.3) is 0 Å². The van der Waals surface area contributed by atoms with E-state index in [1.54, 1.807) is 17.2 Å². The van der Waals surface area contributed by atoms with Gasteiger partial charge in [-0.15, -0.1) is 0 Å². The van der Waals surface area contributed by atoms with Gasteiger partial charge in [0.15, 0.2) is 0 Å². The second-order valence-electron chi connectivity index (χ2n) is 9.73. The van der Waals surface area contributed by atoms with Gasteiger partial charge in [0.05, 0.1) is 25.3 Å². The number of rotatable bonds is 15. The quantitative estimate of drug-likeness (QED) is 0.211. The Balaban J connectivity index is 1.65. The van der Waals surface area contributed by atoms with Gasteiger partial charge in [0.1, 0.15) is 6.61 Å². The van der Waals surface area contributed by atoms with Gasteiger partial charge in [-0.2, -0.15) is 13.2 Å². The first kappa shape index (κ1) is 30.9. The van der Waals surface area contributed by atoms with Crippen LogP contribution in [-0.4, -0.2) is 52.4 Å². The summed E-state index contributed by atoms with van der Waals surface area (Å²) in [6, 6.07) is 18.5. The molecule has 216 valence electrons. The fourth-order valence-electron chi connectivity index (χ4n) is 4.39. The van der Waals surface area contributed by atoms with E-state index in [1.165, 1.54) is 11.0 Å². The molecule has 0 N–H and O–H groups in total. The summed E-state index contributed by atoms with van der Waals surface area (Å²) >= 11 is 0. The molecule has 1 heterocycles. The van der Waals surface area contributed by atoms with Crippen molar-refractivity contribution in [2.24, 2.45) is 0 Å². The molecule has 0 saturated carbocycles. The van der Waals surface area contributed by atoms with Gasteiger partial charge in [-0.05, 0) is 48.7 Å². The summed E-state index contributed by atoms with van der Waals surface area (Å²) in [5, 5.41) is 0. The lowest BCUT2D eigenvalue weighted by atomic mass is 10.1. The molecule has 2 aromatic carbocycles. The largest absolute Gasteiger partial charge is 0.416 e. The van der Waals surface area contributed by atoms with Crippen LogP contribution in [0.3, 0.4) is 0 Å². The summed E-state index contributed by atoms with van der Waals surface area (Å²) in [4.78, 5) is 29.4. The van der Waals surface area contributed by atoms with E-state index in [0.717, 1.165) is 42.7 Å². The third-order valence-corrected chi connectivity index (χ3v) is 6.67. The Hall–Kier alpha value is -3.59. The summed E-state index contributed by atoms with van der Waals surface area (Å²) < 4.78 is 47.0. The summed E-state index contributed by atoms with van der Waals surface area (Å²) in [5.74, 6) is -0.436. The first-order valence-corrected chi connectivity index (χ1v) is 13.7. The van der Waals surface area contributed by atoms with E-state index >= 15 is 0 Å². The van der Waals surface area contributed by atoms with Gasteiger partial charge in [0, 0.05) is 31.5 Å². The minimum absolute atomic E-state index is 0.0650. The maximum atomic E-state index is 13.4. The molecular formula is C31H38F3N3O3. The molecule has 0 aliphatic heterocycles. The van der Waals surface area contributed by atoms with Gasteiger partial charge < -0.3 is 19.1 Å². The molecule has 0 aliphatic carbocycles. The minimum atomic E-state index is -4.41. The standard InChI is InChI=1S/C31H38F3N3O3/c1-3-5-9-17-37(29(38)22-35(4-2)30(39)24-40-23-25-12-7-6-8-13-25)21-28-16-11-18-36(28)20-26-14-10-15-27(19-26)31(32,33)34/h6-8,10-16,18-19H,3-5,9,17,20-24H2,1-2H3. The van der Waals surface area contributed by atoms with E-state index in [1.807, 2.05) is 54.0 Å². The molecule has 0 fully saturated rings. The average molecular weight is 558 g/mol. The molecule has 0 radical (unpaired) electrons. The lowest BCUT2D eigenvalue weighted by Crippen LogP contribution is -2.44. The van der Waals surface area contributed by atoms with Crippen molar-refractivity contribution < 1.29 is 27.5 Å². The number of carbonyl (C=O) groups is 2. The lowest BCUT2D eigenvalue weighted by molar-refractivity contribution is -0.143. The minimum Gasteiger partial charge on any atom is -0.367 e. The average Bonchev–Trinajstić information content (AvgIpc) is 3.37. The predicted molar refractivity (Wildman–Crippen MR) is 148 cm³/mol. The van der Waals surface area contributed by atoms with Crippen molar-refractivity contribution in [3.8, 4) is 0 Å². The predicted octanol–water partition coefficient (Wildman–Crippen LogP) is 6.14. The number of alkyl halides is 3. The lowest BCUT2D eigenvalue weighted by Gasteiger charge is -2.27. The molecule has 0 atom stereocenters. The van der Waals surface area contributed by atoms with Crippen LogP contribution in [0.25, 0.3) is 0 Å². The Morgan fingerprint density at radius 3 is 2.33 bits per heavy atom. The maximum Gasteiger partial charge on any atom is 0.416 e. The fourth-order valence-corrected chi connectivity index (χ4v) is 4.39. The van der Waals surface area contributed by atoms with Gasteiger partial charge in [-0.25, -0.2) is 0 Å². The number of halogens is 3. The molecule has 3 aromatic rings. The Kier molecular flexibility index (Phi) is 11.8. The number of nitrogens with zero attached hydrogens (tertiary/aromatic N) is 3. The van der Waals surface area contributed by atoms with Crippen molar-refractivity contribution in [3.05, 3.63) is 95.3 Å². The topological polar surface area (TPSA) is 54.8 Å². The van der Waals surface area contributed by atoms with E-state index in [0.29, 0.717) is 31.8 Å². The van der Waals surface area contributed by atoms with Crippen LogP contribution in [0.15, 0.2) is 72.9 Å². The zero-order chi connectivity index (χ0) is 29.0. The van der Waals surface area contributed by atoms with Crippen molar-refractivity contribution in [2.75, 3.05) is 26.2 Å². The van der Waals surface area contributed by atoms with Crippen LogP contribution in [-0.2, 0) is 40.2 Å². The highest BCUT2D eigenvalue weighted by Crippen LogP contribution is 2.29. The molecule has 3 rings (SSSR count). The zero-order valence-electron chi connectivity index (χ0n) is 23.2. The molecule has 0 aliphatic rings. The van der Waals surface area contributed by atoms with E-state index < -0.39 is 11.7 Å². The Morgan fingerprint density at radius 2 is 1.62 bits per heavy atom.